The maximum absolute atomic E-state index is 12.3. The maximum Gasteiger partial charge on any atom is 0.310 e. The van der Waals surface area contributed by atoms with Crippen LogP contribution in [-0.4, -0.2) is 43.2 Å². The van der Waals surface area contributed by atoms with Gasteiger partial charge in [-0.05, 0) is 29.7 Å². The summed E-state index contributed by atoms with van der Waals surface area (Å²) in [7, 11) is 1.42. The minimum atomic E-state index is -0.457. The number of alkyl halides is 1. The van der Waals surface area contributed by atoms with E-state index < -0.39 is 4.92 Å². The Morgan fingerprint density at radius 2 is 2.30 bits per heavy atom. The van der Waals surface area contributed by atoms with Crippen molar-refractivity contribution in [2.24, 2.45) is 0 Å². The minimum Gasteiger partial charge on any atom is -0.490 e. The van der Waals surface area contributed by atoms with Crippen LogP contribution in [0.1, 0.15) is 12.0 Å². The summed E-state index contributed by atoms with van der Waals surface area (Å²) in [5.41, 5.74) is 2.01. The molecule has 0 N–H and O–H groups in total. The second kappa shape index (κ2) is 6.47. The molecular weight excluding hydrogens is 263 g/mol. The molecule has 2 rings (SSSR count). The molecule has 1 aliphatic heterocycles. The molecule has 1 aromatic carbocycles. The van der Waals surface area contributed by atoms with Crippen LogP contribution in [-0.2, 0) is 0 Å². The molecule has 0 saturated carbocycles. The molecule has 1 aliphatic rings. The first-order valence-corrected chi connectivity index (χ1v) is 6.46. The predicted molar refractivity (Wildman–Crippen MR) is 74.7 cm³/mol. The van der Waals surface area contributed by atoms with Crippen LogP contribution in [0.5, 0.6) is 5.75 Å². The van der Waals surface area contributed by atoms with Gasteiger partial charge in [-0.15, -0.1) is 0 Å². The van der Waals surface area contributed by atoms with Gasteiger partial charge in [-0.2, -0.15) is 0 Å². The monoisotopic (exact) mass is 280 g/mol. The van der Waals surface area contributed by atoms with Crippen molar-refractivity contribution in [1.82, 2.24) is 4.90 Å². The molecule has 108 valence electrons. The van der Waals surface area contributed by atoms with E-state index in [4.69, 9.17) is 4.74 Å². The van der Waals surface area contributed by atoms with Gasteiger partial charge in [0.2, 0.25) is 0 Å². The summed E-state index contributed by atoms with van der Waals surface area (Å²) in [5.74, 6) is 0.264. The van der Waals surface area contributed by atoms with Gasteiger partial charge in [-0.3, -0.25) is 15.0 Å². The minimum absolute atomic E-state index is 0.0354. The van der Waals surface area contributed by atoms with Crippen LogP contribution in [0.3, 0.4) is 0 Å². The lowest BCUT2D eigenvalue weighted by atomic mass is 9.99. The fraction of sp³-hybridized carbons (Fsp3) is 0.429. The molecule has 1 heterocycles. The average molecular weight is 280 g/mol. The second-order valence-corrected chi connectivity index (χ2v) is 4.61. The van der Waals surface area contributed by atoms with Crippen molar-refractivity contribution < 1.29 is 14.1 Å². The summed E-state index contributed by atoms with van der Waals surface area (Å²) < 4.78 is 17.3. The number of halogens is 1. The molecule has 1 aromatic rings. The number of rotatable bonds is 5. The topological polar surface area (TPSA) is 55.6 Å². The van der Waals surface area contributed by atoms with E-state index >= 15 is 0 Å². The highest BCUT2D eigenvalue weighted by atomic mass is 19.1. The molecule has 0 aromatic heterocycles. The van der Waals surface area contributed by atoms with E-state index in [1.54, 1.807) is 12.1 Å². The molecule has 20 heavy (non-hydrogen) atoms. The van der Waals surface area contributed by atoms with Crippen LogP contribution >= 0.6 is 0 Å². The van der Waals surface area contributed by atoms with Crippen molar-refractivity contribution in [2.45, 2.75) is 6.42 Å². The van der Waals surface area contributed by atoms with E-state index in [1.165, 1.54) is 13.2 Å². The Morgan fingerprint density at radius 1 is 1.50 bits per heavy atom. The summed E-state index contributed by atoms with van der Waals surface area (Å²) in [6.07, 6.45) is 2.85. The van der Waals surface area contributed by atoms with E-state index in [9.17, 15) is 14.5 Å². The summed E-state index contributed by atoms with van der Waals surface area (Å²) in [6, 6.07) is 4.88. The van der Waals surface area contributed by atoms with Gasteiger partial charge in [0.05, 0.1) is 12.0 Å². The smallest absolute Gasteiger partial charge is 0.310 e. The van der Waals surface area contributed by atoms with Gasteiger partial charge in [0.15, 0.2) is 5.75 Å². The van der Waals surface area contributed by atoms with E-state index in [0.29, 0.717) is 13.1 Å². The Balaban J connectivity index is 2.20. The number of hydrogen-bond acceptors (Lipinski definition) is 4. The Hall–Kier alpha value is -1.95. The predicted octanol–water partition coefficient (Wildman–Crippen LogP) is 2.66. The lowest BCUT2D eigenvalue weighted by Crippen LogP contribution is -2.30. The van der Waals surface area contributed by atoms with Crippen molar-refractivity contribution in [2.75, 3.05) is 33.4 Å². The number of hydrogen-bond donors (Lipinski definition) is 0. The molecule has 0 fully saturated rings. The normalized spacial score (nSPS) is 15.8. The summed E-state index contributed by atoms with van der Waals surface area (Å²) >= 11 is 0. The van der Waals surface area contributed by atoms with Crippen LogP contribution in [0.25, 0.3) is 5.57 Å². The van der Waals surface area contributed by atoms with Crippen molar-refractivity contribution in [3.63, 3.8) is 0 Å². The largest absolute Gasteiger partial charge is 0.490 e. The molecule has 6 heteroatoms. The highest BCUT2D eigenvalue weighted by molar-refractivity contribution is 5.69. The third-order valence-corrected chi connectivity index (χ3v) is 3.44. The highest BCUT2D eigenvalue weighted by Gasteiger charge is 2.18. The van der Waals surface area contributed by atoms with Crippen LogP contribution in [0.15, 0.2) is 24.3 Å². The average Bonchev–Trinajstić information content (AvgIpc) is 2.47. The van der Waals surface area contributed by atoms with Crippen molar-refractivity contribution in [1.29, 1.82) is 0 Å². The summed E-state index contributed by atoms with van der Waals surface area (Å²) in [6.45, 7) is 1.62. The third kappa shape index (κ3) is 3.14. The van der Waals surface area contributed by atoms with E-state index in [-0.39, 0.29) is 18.1 Å². The lowest BCUT2D eigenvalue weighted by molar-refractivity contribution is -0.385. The summed E-state index contributed by atoms with van der Waals surface area (Å²) in [5, 5.41) is 10.9. The highest BCUT2D eigenvalue weighted by Crippen LogP contribution is 2.32. The molecule has 0 saturated heterocycles. The van der Waals surface area contributed by atoms with Gasteiger partial charge >= 0.3 is 5.69 Å². The maximum atomic E-state index is 12.3. The quantitative estimate of drug-likeness (QED) is 0.614. The zero-order valence-corrected chi connectivity index (χ0v) is 11.3. The number of methoxy groups -OCH3 is 1. The standard InChI is InChI=1S/C14H17FN2O3/c1-20-14-10-12(2-3-13(14)17(18)19)11-4-7-16(8-5-11)9-6-15/h2-4,10H,5-9H2,1H3. The van der Waals surface area contributed by atoms with E-state index in [1.807, 2.05) is 11.0 Å². The van der Waals surface area contributed by atoms with Crippen LogP contribution in [0, 0.1) is 10.1 Å². The van der Waals surface area contributed by atoms with Crippen LogP contribution in [0.4, 0.5) is 10.1 Å². The van der Waals surface area contributed by atoms with Gasteiger partial charge in [0.1, 0.15) is 6.67 Å². The summed E-state index contributed by atoms with van der Waals surface area (Å²) in [4.78, 5) is 12.4. The first-order chi connectivity index (χ1) is 9.65. The van der Waals surface area contributed by atoms with E-state index in [0.717, 1.165) is 24.1 Å². The first-order valence-electron chi connectivity index (χ1n) is 6.46. The fourth-order valence-electron chi connectivity index (χ4n) is 2.32. The van der Waals surface area contributed by atoms with Gasteiger partial charge in [0.25, 0.3) is 0 Å². The zero-order valence-electron chi connectivity index (χ0n) is 11.3. The molecule has 0 spiro atoms. The fourth-order valence-corrected chi connectivity index (χ4v) is 2.32. The Labute approximate surface area is 116 Å². The Bertz CT molecular complexity index is 531. The Morgan fingerprint density at radius 3 is 2.85 bits per heavy atom. The zero-order chi connectivity index (χ0) is 14.5. The molecular formula is C14H17FN2O3. The number of benzene rings is 1. The van der Waals surface area contributed by atoms with Crippen molar-refractivity contribution in [3.05, 3.63) is 40.0 Å². The van der Waals surface area contributed by atoms with Gasteiger partial charge in [-0.1, -0.05) is 6.08 Å². The molecule has 0 atom stereocenters. The molecule has 5 nitrogen and oxygen atoms in total. The number of nitrogens with zero attached hydrogens (tertiary/aromatic N) is 2. The SMILES string of the molecule is COc1cc(C2=CCN(CCF)CC2)ccc1[N+](=O)[O-]. The second-order valence-electron chi connectivity index (χ2n) is 4.61. The van der Waals surface area contributed by atoms with Crippen LogP contribution in [0.2, 0.25) is 0 Å². The van der Waals surface area contributed by atoms with Gasteiger partial charge in [0, 0.05) is 25.7 Å². The van der Waals surface area contributed by atoms with Gasteiger partial charge in [-0.25, -0.2) is 4.39 Å². The molecule has 0 unspecified atom stereocenters. The van der Waals surface area contributed by atoms with Crippen molar-refractivity contribution in [3.8, 4) is 5.75 Å². The van der Waals surface area contributed by atoms with Gasteiger partial charge < -0.3 is 4.74 Å². The van der Waals surface area contributed by atoms with Crippen molar-refractivity contribution >= 4 is 11.3 Å². The first kappa shape index (κ1) is 14.5. The molecule has 0 amide bonds. The molecule has 0 radical (unpaired) electrons. The lowest BCUT2D eigenvalue weighted by Gasteiger charge is -2.25. The Kier molecular flexibility index (Phi) is 4.68. The number of nitro groups is 1. The number of ether oxygens (including phenoxy) is 1. The van der Waals surface area contributed by atoms with E-state index in [2.05, 4.69) is 0 Å². The number of nitro benzene ring substituents is 1. The molecule has 0 bridgehead atoms. The van der Waals surface area contributed by atoms with Crippen LogP contribution < -0.4 is 4.74 Å². The third-order valence-electron chi connectivity index (χ3n) is 3.44. The molecule has 0 aliphatic carbocycles.